The van der Waals surface area contributed by atoms with Gasteiger partial charge in [-0.15, -0.1) is 0 Å². The summed E-state index contributed by atoms with van der Waals surface area (Å²) in [6.45, 7) is 2.93. The molecule has 0 heterocycles. The molecular formula is C14H17FINO. The molecule has 1 aromatic carbocycles. The normalized spacial score (nSPS) is 17.7. The number of amides is 1. The van der Waals surface area contributed by atoms with E-state index in [9.17, 15) is 9.18 Å². The molecule has 1 aliphatic rings. The van der Waals surface area contributed by atoms with E-state index in [2.05, 4.69) is 12.2 Å². The second-order valence-corrected chi connectivity index (χ2v) is 6.49. The first-order chi connectivity index (χ1) is 8.50. The first kappa shape index (κ1) is 13.8. The molecule has 0 spiro atoms. The lowest BCUT2D eigenvalue weighted by Gasteiger charge is -2.23. The average Bonchev–Trinajstić information content (AvgIpc) is 2.74. The van der Waals surface area contributed by atoms with Crippen molar-refractivity contribution >= 4 is 28.5 Å². The molecule has 4 heteroatoms. The van der Waals surface area contributed by atoms with Crippen LogP contribution >= 0.6 is 22.6 Å². The molecule has 0 saturated heterocycles. The molecule has 1 N–H and O–H groups in total. The molecule has 1 aromatic rings. The van der Waals surface area contributed by atoms with Crippen LogP contribution in [0.4, 0.5) is 4.39 Å². The molecule has 1 fully saturated rings. The fraction of sp³-hybridized carbons (Fsp3) is 0.500. The minimum Gasteiger partial charge on any atom is -0.351 e. The van der Waals surface area contributed by atoms with Crippen molar-refractivity contribution in [2.75, 3.05) is 6.54 Å². The van der Waals surface area contributed by atoms with Gasteiger partial charge in [-0.25, -0.2) is 4.39 Å². The van der Waals surface area contributed by atoms with E-state index in [0.29, 0.717) is 15.7 Å². The molecule has 0 radical (unpaired) electrons. The van der Waals surface area contributed by atoms with Crippen LogP contribution in [0.15, 0.2) is 18.2 Å². The van der Waals surface area contributed by atoms with Gasteiger partial charge in [0.15, 0.2) is 0 Å². The Labute approximate surface area is 120 Å². The van der Waals surface area contributed by atoms with E-state index in [4.69, 9.17) is 0 Å². The summed E-state index contributed by atoms with van der Waals surface area (Å²) in [6, 6.07) is 4.25. The number of nitrogens with one attached hydrogen (secondary N) is 1. The van der Waals surface area contributed by atoms with Crippen molar-refractivity contribution in [2.24, 2.45) is 5.41 Å². The molecule has 1 saturated carbocycles. The first-order valence-electron chi connectivity index (χ1n) is 6.23. The highest BCUT2D eigenvalue weighted by molar-refractivity contribution is 14.1. The number of benzene rings is 1. The molecule has 0 aliphatic heterocycles. The zero-order valence-corrected chi connectivity index (χ0v) is 12.6. The zero-order chi connectivity index (χ0) is 13.2. The second-order valence-electron chi connectivity index (χ2n) is 5.32. The van der Waals surface area contributed by atoms with Gasteiger partial charge in [-0.3, -0.25) is 4.79 Å². The predicted octanol–water partition coefficient (Wildman–Crippen LogP) is 3.74. The van der Waals surface area contributed by atoms with Crippen LogP contribution in [0.1, 0.15) is 43.0 Å². The summed E-state index contributed by atoms with van der Waals surface area (Å²) in [4.78, 5) is 12.0. The van der Waals surface area contributed by atoms with E-state index in [1.165, 1.54) is 37.8 Å². The van der Waals surface area contributed by atoms with Crippen molar-refractivity contribution < 1.29 is 9.18 Å². The smallest absolute Gasteiger partial charge is 0.252 e. The number of hydrogen-bond acceptors (Lipinski definition) is 1. The molecule has 0 unspecified atom stereocenters. The topological polar surface area (TPSA) is 29.1 Å². The maximum Gasteiger partial charge on any atom is 0.252 e. The fourth-order valence-electron chi connectivity index (χ4n) is 2.47. The lowest BCUT2D eigenvalue weighted by atomic mass is 9.89. The van der Waals surface area contributed by atoms with Gasteiger partial charge in [0.05, 0.1) is 5.56 Å². The third kappa shape index (κ3) is 3.22. The molecule has 0 atom stereocenters. The molecule has 0 aromatic heterocycles. The monoisotopic (exact) mass is 361 g/mol. The maximum absolute atomic E-state index is 13.0. The number of hydrogen-bond donors (Lipinski definition) is 1. The SMILES string of the molecule is CC1(CNC(=O)c2ccc(F)cc2I)CCCC1. The predicted molar refractivity (Wildman–Crippen MR) is 78.0 cm³/mol. The molecular weight excluding hydrogens is 344 g/mol. The summed E-state index contributed by atoms with van der Waals surface area (Å²) in [6.07, 6.45) is 4.85. The zero-order valence-electron chi connectivity index (χ0n) is 10.4. The summed E-state index contributed by atoms with van der Waals surface area (Å²) >= 11 is 1.99. The highest BCUT2D eigenvalue weighted by atomic mass is 127. The van der Waals surface area contributed by atoms with Crippen LogP contribution in [0.5, 0.6) is 0 Å². The van der Waals surface area contributed by atoms with Crippen molar-refractivity contribution in [1.82, 2.24) is 5.32 Å². The van der Waals surface area contributed by atoms with E-state index in [1.807, 2.05) is 22.6 Å². The van der Waals surface area contributed by atoms with E-state index in [0.717, 1.165) is 0 Å². The van der Waals surface area contributed by atoms with Gasteiger partial charge in [0, 0.05) is 10.1 Å². The summed E-state index contributed by atoms with van der Waals surface area (Å²) < 4.78 is 13.6. The Hall–Kier alpha value is -0.650. The van der Waals surface area contributed by atoms with Crippen LogP contribution in [0.25, 0.3) is 0 Å². The number of halogens is 2. The van der Waals surface area contributed by atoms with Crippen molar-refractivity contribution in [1.29, 1.82) is 0 Å². The summed E-state index contributed by atoms with van der Waals surface area (Å²) in [5.41, 5.74) is 0.791. The molecule has 1 amide bonds. The summed E-state index contributed by atoms with van der Waals surface area (Å²) in [7, 11) is 0. The standard InChI is InChI=1S/C14H17FINO/c1-14(6-2-3-7-14)9-17-13(18)11-5-4-10(15)8-12(11)16/h4-5,8H,2-3,6-7,9H2,1H3,(H,17,18). The Morgan fingerprint density at radius 1 is 1.44 bits per heavy atom. The van der Waals surface area contributed by atoms with Gasteiger partial charge in [-0.2, -0.15) is 0 Å². The van der Waals surface area contributed by atoms with Gasteiger partial charge in [0.1, 0.15) is 5.82 Å². The van der Waals surface area contributed by atoms with Crippen LogP contribution in [-0.2, 0) is 0 Å². The molecule has 2 rings (SSSR count). The van der Waals surface area contributed by atoms with Gasteiger partial charge in [-0.05, 0) is 59.0 Å². The Balaban J connectivity index is 1.99. The van der Waals surface area contributed by atoms with Crippen molar-refractivity contribution in [3.63, 3.8) is 0 Å². The van der Waals surface area contributed by atoms with Gasteiger partial charge >= 0.3 is 0 Å². The van der Waals surface area contributed by atoms with E-state index in [-0.39, 0.29) is 17.1 Å². The second kappa shape index (κ2) is 5.55. The Bertz CT molecular complexity index is 455. The van der Waals surface area contributed by atoms with Gasteiger partial charge in [0.25, 0.3) is 5.91 Å². The van der Waals surface area contributed by atoms with Crippen LogP contribution in [0.3, 0.4) is 0 Å². The minimum atomic E-state index is -0.307. The Kier molecular flexibility index (Phi) is 4.25. The molecule has 98 valence electrons. The average molecular weight is 361 g/mol. The Morgan fingerprint density at radius 3 is 2.72 bits per heavy atom. The van der Waals surface area contributed by atoms with Gasteiger partial charge in [-0.1, -0.05) is 19.8 Å². The summed E-state index contributed by atoms with van der Waals surface area (Å²) in [5.74, 6) is -0.411. The van der Waals surface area contributed by atoms with Crippen LogP contribution in [-0.4, -0.2) is 12.5 Å². The molecule has 18 heavy (non-hydrogen) atoms. The highest BCUT2D eigenvalue weighted by Gasteiger charge is 2.29. The Morgan fingerprint density at radius 2 is 2.11 bits per heavy atom. The number of carbonyl (C=O) groups excluding carboxylic acids is 1. The third-order valence-electron chi connectivity index (χ3n) is 3.66. The lowest BCUT2D eigenvalue weighted by molar-refractivity contribution is 0.0933. The van der Waals surface area contributed by atoms with E-state index >= 15 is 0 Å². The molecule has 2 nitrogen and oxygen atoms in total. The van der Waals surface area contributed by atoms with Gasteiger partial charge in [0.2, 0.25) is 0 Å². The van der Waals surface area contributed by atoms with Crippen molar-refractivity contribution in [3.8, 4) is 0 Å². The fourth-order valence-corrected chi connectivity index (χ4v) is 3.19. The van der Waals surface area contributed by atoms with Gasteiger partial charge < -0.3 is 5.32 Å². The minimum absolute atomic E-state index is 0.104. The number of carbonyl (C=O) groups is 1. The van der Waals surface area contributed by atoms with Crippen LogP contribution < -0.4 is 5.32 Å². The quantitative estimate of drug-likeness (QED) is 0.817. The lowest BCUT2D eigenvalue weighted by Crippen LogP contribution is -2.34. The maximum atomic E-state index is 13.0. The van der Waals surface area contributed by atoms with Crippen LogP contribution in [0.2, 0.25) is 0 Å². The largest absolute Gasteiger partial charge is 0.351 e. The van der Waals surface area contributed by atoms with Crippen molar-refractivity contribution in [2.45, 2.75) is 32.6 Å². The third-order valence-corrected chi connectivity index (χ3v) is 4.55. The summed E-state index contributed by atoms with van der Waals surface area (Å²) in [5, 5.41) is 2.98. The van der Waals surface area contributed by atoms with Crippen LogP contribution in [0, 0.1) is 14.8 Å². The molecule has 0 bridgehead atoms. The van der Waals surface area contributed by atoms with Crippen molar-refractivity contribution in [3.05, 3.63) is 33.1 Å². The molecule has 1 aliphatic carbocycles. The first-order valence-corrected chi connectivity index (χ1v) is 7.31. The van der Waals surface area contributed by atoms with E-state index in [1.54, 1.807) is 6.07 Å². The number of rotatable bonds is 3. The van der Waals surface area contributed by atoms with E-state index < -0.39 is 0 Å². The highest BCUT2D eigenvalue weighted by Crippen LogP contribution is 2.36.